The van der Waals surface area contributed by atoms with Gasteiger partial charge in [0, 0.05) is 12.8 Å². The number of rotatable bonds is 3. The largest absolute Gasteiger partial charge is 0.476 e. The molecule has 0 spiro atoms. The third-order valence-electron chi connectivity index (χ3n) is 2.20. The maximum Gasteiger partial charge on any atom is 0.358 e. The number of aryl methyl sites for hydroxylation is 1. The highest BCUT2D eigenvalue weighted by molar-refractivity contribution is 5.92. The molecule has 0 bridgehead atoms. The van der Waals surface area contributed by atoms with Gasteiger partial charge in [0.1, 0.15) is 6.33 Å². The van der Waals surface area contributed by atoms with E-state index in [1.165, 1.54) is 6.33 Å². The summed E-state index contributed by atoms with van der Waals surface area (Å²) in [5, 5.41) is 8.94. The summed E-state index contributed by atoms with van der Waals surface area (Å²) in [5.74, 6) is -1.08. The van der Waals surface area contributed by atoms with Crippen molar-refractivity contribution in [3.8, 4) is 0 Å². The van der Waals surface area contributed by atoms with E-state index in [-0.39, 0.29) is 5.69 Å². The lowest BCUT2D eigenvalue weighted by atomic mass is 10.3. The van der Waals surface area contributed by atoms with Crippen molar-refractivity contribution < 1.29 is 14.6 Å². The predicted octanol–water partition coefficient (Wildman–Crippen LogP) is 0.882. The SMILES string of the molecule is COCc1cc(C)nc2c(C(=O)O)ncn12. The van der Waals surface area contributed by atoms with Crippen LogP contribution in [0.5, 0.6) is 0 Å². The van der Waals surface area contributed by atoms with Gasteiger partial charge >= 0.3 is 5.97 Å². The number of hydrogen-bond acceptors (Lipinski definition) is 4. The lowest BCUT2D eigenvalue weighted by Gasteiger charge is -2.05. The minimum absolute atomic E-state index is 0.0407. The average molecular weight is 221 g/mol. The third-order valence-corrected chi connectivity index (χ3v) is 2.20. The van der Waals surface area contributed by atoms with Gasteiger partial charge in [0.15, 0.2) is 11.3 Å². The molecular formula is C10H11N3O3. The number of aromatic nitrogens is 3. The molecule has 0 aliphatic rings. The summed E-state index contributed by atoms with van der Waals surface area (Å²) in [5.41, 5.74) is 1.87. The van der Waals surface area contributed by atoms with Gasteiger partial charge in [-0.25, -0.2) is 14.8 Å². The van der Waals surface area contributed by atoms with Gasteiger partial charge in [-0.1, -0.05) is 0 Å². The molecule has 16 heavy (non-hydrogen) atoms. The molecule has 0 unspecified atom stereocenters. The van der Waals surface area contributed by atoms with Crippen LogP contribution >= 0.6 is 0 Å². The van der Waals surface area contributed by atoms with Gasteiger partial charge in [0.2, 0.25) is 0 Å². The van der Waals surface area contributed by atoms with Gasteiger partial charge in [0.25, 0.3) is 0 Å². The molecule has 0 fully saturated rings. The zero-order valence-electron chi connectivity index (χ0n) is 8.97. The number of carboxylic acid groups (broad SMARTS) is 1. The Morgan fingerprint density at radius 3 is 3.00 bits per heavy atom. The summed E-state index contributed by atoms with van der Waals surface area (Å²) in [4.78, 5) is 18.9. The van der Waals surface area contributed by atoms with E-state index in [0.717, 1.165) is 11.4 Å². The molecular weight excluding hydrogens is 210 g/mol. The first kappa shape index (κ1) is 10.6. The molecule has 84 valence electrons. The predicted molar refractivity (Wildman–Crippen MR) is 55.4 cm³/mol. The van der Waals surface area contributed by atoms with Gasteiger partial charge < -0.3 is 9.84 Å². The van der Waals surface area contributed by atoms with Crippen LogP contribution in [-0.2, 0) is 11.3 Å². The Morgan fingerprint density at radius 1 is 1.62 bits per heavy atom. The molecule has 0 saturated heterocycles. The molecule has 0 radical (unpaired) electrons. The molecule has 0 atom stereocenters. The molecule has 0 amide bonds. The van der Waals surface area contributed by atoms with Gasteiger partial charge in [-0.3, -0.25) is 4.40 Å². The quantitative estimate of drug-likeness (QED) is 0.832. The molecule has 0 saturated carbocycles. The fourth-order valence-corrected chi connectivity index (χ4v) is 1.58. The van der Waals surface area contributed by atoms with Crippen LogP contribution in [0.15, 0.2) is 12.4 Å². The topological polar surface area (TPSA) is 76.7 Å². The van der Waals surface area contributed by atoms with Crippen molar-refractivity contribution in [3.63, 3.8) is 0 Å². The molecule has 1 N–H and O–H groups in total. The standard InChI is InChI=1S/C10H11N3O3/c1-6-3-7(4-16-2)13-5-11-8(10(14)15)9(13)12-6/h3,5H,4H2,1-2H3,(H,14,15). The lowest BCUT2D eigenvalue weighted by molar-refractivity contribution is 0.0693. The lowest BCUT2D eigenvalue weighted by Crippen LogP contribution is -2.04. The zero-order chi connectivity index (χ0) is 11.7. The number of carbonyl (C=O) groups is 1. The summed E-state index contributed by atoms with van der Waals surface area (Å²) < 4.78 is 6.66. The van der Waals surface area contributed by atoms with Gasteiger partial charge in [-0.05, 0) is 13.0 Å². The van der Waals surface area contributed by atoms with E-state index < -0.39 is 5.97 Å². The van der Waals surface area contributed by atoms with Crippen molar-refractivity contribution >= 4 is 11.6 Å². The monoisotopic (exact) mass is 221 g/mol. The van der Waals surface area contributed by atoms with E-state index >= 15 is 0 Å². The summed E-state index contributed by atoms with van der Waals surface area (Å²) in [7, 11) is 1.58. The Labute approximate surface area is 91.5 Å². The van der Waals surface area contributed by atoms with E-state index in [0.29, 0.717) is 12.3 Å². The molecule has 0 aliphatic heterocycles. The Bertz CT molecular complexity index is 547. The number of nitrogens with zero attached hydrogens (tertiary/aromatic N) is 3. The van der Waals surface area contributed by atoms with Crippen molar-refractivity contribution in [1.29, 1.82) is 0 Å². The molecule has 6 nitrogen and oxygen atoms in total. The van der Waals surface area contributed by atoms with Gasteiger partial charge in [-0.2, -0.15) is 0 Å². The molecule has 6 heteroatoms. The van der Waals surface area contributed by atoms with Crippen molar-refractivity contribution in [2.75, 3.05) is 7.11 Å². The minimum atomic E-state index is -1.08. The maximum absolute atomic E-state index is 10.9. The number of ether oxygens (including phenoxy) is 1. The van der Waals surface area contributed by atoms with Gasteiger partial charge in [-0.15, -0.1) is 0 Å². The van der Waals surface area contributed by atoms with Crippen molar-refractivity contribution in [1.82, 2.24) is 14.4 Å². The van der Waals surface area contributed by atoms with E-state index in [4.69, 9.17) is 9.84 Å². The normalized spacial score (nSPS) is 10.9. The number of hydrogen-bond donors (Lipinski definition) is 1. The maximum atomic E-state index is 10.9. The Kier molecular flexibility index (Phi) is 2.57. The summed E-state index contributed by atoms with van der Waals surface area (Å²) in [6, 6.07) is 1.84. The highest BCUT2D eigenvalue weighted by Crippen LogP contribution is 2.12. The fourth-order valence-electron chi connectivity index (χ4n) is 1.58. The molecule has 0 aliphatic carbocycles. The Balaban J connectivity index is 2.70. The van der Waals surface area contributed by atoms with E-state index in [1.807, 2.05) is 6.07 Å². The number of fused-ring (bicyclic) bond motifs is 1. The first-order chi connectivity index (χ1) is 7.63. The van der Waals surface area contributed by atoms with Crippen LogP contribution in [0.2, 0.25) is 0 Å². The molecule has 2 aromatic heterocycles. The van der Waals surface area contributed by atoms with E-state index in [1.54, 1.807) is 18.4 Å². The smallest absolute Gasteiger partial charge is 0.358 e. The molecule has 0 aromatic carbocycles. The van der Waals surface area contributed by atoms with Crippen molar-refractivity contribution in [2.45, 2.75) is 13.5 Å². The summed E-state index contributed by atoms with van der Waals surface area (Å²) >= 11 is 0. The molecule has 2 rings (SSSR count). The summed E-state index contributed by atoms with van der Waals surface area (Å²) in [6.45, 7) is 2.19. The second kappa shape index (κ2) is 3.90. The second-order valence-electron chi connectivity index (χ2n) is 3.41. The van der Waals surface area contributed by atoms with Crippen LogP contribution in [0.3, 0.4) is 0 Å². The Morgan fingerprint density at radius 2 is 2.38 bits per heavy atom. The third kappa shape index (κ3) is 1.63. The number of carboxylic acids is 1. The van der Waals surface area contributed by atoms with Crippen LogP contribution < -0.4 is 0 Å². The fraction of sp³-hybridized carbons (Fsp3) is 0.300. The first-order valence-electron chi connectivity index (χ1n) is 4.69. The number of aromatic carboxylic acids is 1. The van der Waals surface area contributed by atoms with E-state index in [9.17, 15) is 4.79 Å². The highest BCUT2D eigenvalue weighted by atomic mass is 16.5. The van der Waals surface area contributed by atoms with Crippen molar-refractivity contribution in [2.24, 2.45) is 0 Å². The average Bonchev–Trinajstić information content (AvgIpc) is 2.61. The van der Waals surface area contributed by atoms with Crippen LogP contribution in [0.4, 0.5) is 0 Å². The second-order valence-corrected chi connectivity index (χ2v) is 3.41. The summed E-state index contributed by atoms with van der Waals surface area (Å²) in [6.07, 6.45) is 1.44. The first-order valence-corrected chi connectivity index (χ1v) is 4.69. The number of methoxy groups -OCH3 is 1. The van der Waals surface area contributed by atoms with E-state index in [2.05, 4.69) is 9.97 Å². The van der Waals surface area contributed by atoms with Crippen LogP contribution in [0.25, 0.3) is 5.65 Å². The van der Waals surface area contributed by atoms with Gasteiger partial charge in [0.05, 0.1) is 12.3 Å². The number of imidazole rings is 1. The molecule has 2 heterocycles. The minimum Gasteiger partial charge on any atom is -0.476 e. The van der Waals surface area contributed by atoms with Crippen LogP contribution in [0.1, 0.15) is 21.9 Å². The van der Waals surface area contributed by atoms with Crippen molar-refractivity contribution in [3.05, 3.63) is 29.5 Å². The zero-order valence-corrected chi connectivity index (χ0v) is 8.97. The Hall–Kier alpha value is -1.95. The highest BCUT2D eigenvalue weighted by Gasteiger charge is 2.15. The molecule has 2 aromatic rings. The van der Waals surface area contributed by atoms with Crippen LogP contribution in [-0.4, -0.2) is 32.6 Å². The van der Waals surface area contributed by atoms with Crippen LogP contribution in [0, 0.1) is 6.92 Å².